The van der Waals surface area contributed by atoms with Crippen molar-refractivity contribution in [2.24, 2.45) is 0 Å². The van der Waals surface area contributed by atoms with Gasteiger partial charge in [-0.1, -0.05) is 6.07 Å². The molecule has 1 aromatic heterocycles. The summed E-state index contributed by atoms with van der Waals surface area (Å²) >= 11 is 0. The first kappa shape index (κ1) is 15.8. The number of rotatable bonds is 6. The van der Waals surface area contributed by atoms with E-state index in [0.29, 0.717) is 18.8 Å². The van der Waals surface area contributed by atoms with Crippen LogP contribution in [0.25, 0.3) is 0 Å². The van der Waals surface area contributed by atoms with E-state index >= 15 is 0 Å². The van der Waals surface area contributed by atoms with Crippen LogP contribution in [-0.4, -0.2) is 36.1 Å². The van der Waals surface area contributed by atoms with E-state index in [4.69, 9.17) is 4.74 Å². The van der Waals surface area contributed by atoms with Crippen molar-refractivity contribution in [3.63, 3.8) is 0 Å². The topological polar surface area (TPSA) is 54.5 Å². The second-order valence-electron chi connectivity index (χ2n) is 4.75. The Morgan fingerprint density at radius 1 is 1.32 bits per heavy atom. The Morgan fingerprint density at radius 2 is 2.09 bits per heavy atom. The highest BCUT2D eigenvalue weighted by Gasteiger charge is 2.08. The van der Waals surface area contributed by atoms with Gasteiger partial charge in [0.2, 0.25) is 0 Å². The number of ether oxygens (including phenoxy) is 1. The fourth-order valence-electron chi connectivity index (χ4n) is 1.85. The quantitative estimate of drug-likeness (QED) is 0.834. The number of aromatic nitrogens is 1. The smallest absolute Gasteiger partial charge is 0.317 e. The highest BCUT2D eigenvalue weighted by Crippen LogP contribution is 2.11. The maximum Gasteiger partial charge on any atom is 0.317 e. The highest BCUT2D eigenvalue weighted by molar-refractivity contribution is 5.73. The number of hydrogen-bond donors (Lipinski definition) is 1. The van der Waals surface area contributed by atoms with Crippen LogP contribution in [0.15, 0.2) is 48.8 Å². The lowest BCUT2D eigenvalue weighted by molar-refractivity contribution is 0.203. The number of nitrogens with zero attached hydrogens (tertiary/aromatic N) is 2. The molecule has 0 atom stereocenters. The fraction of sp³-hybridized carbons (Fsp3) is 0.250. The minimum atomic E-state index is -0.349. The summed E-state index contributed by atoms with van der Waals surface area (Å²) in [4.78, 5) is 17.4. The van der Waals surface area contributed by atoms with Gasteiger partial charge in [0.15, 0.2) is 0 Å². The molecule has 0 aliphatic carbocycles. The van der Waals surface area contributed by atoms with Crippen LogP contribution >= 0.6 is 0 Å². The van der Waals surface area contributed by atoms with Crippen molar-refractivity contribution < 1.29 is 13.9 Å². The minimum absolute atomic E-state index is 0.195. The van der Waals surface area contributed by atoms with Crippen LogP contribution in [0.1, 0.15) is 5.56 Å². The zero-order chi connectivity index (χ0) is 15.8. The molecule has 6 heteroatoms. The maximum absolute atomic E-state index is 13.0. The van der Waals surface area contributed by atoms with E-state index in [1.165, 1.54) is 12.1 Å². The van der Waals surface area contributed by atoms with E-state index in [2.05, 4.69) is 10.3 Å². The van der Waals surface area contributed by atoms with Gasteiger partial charge in [-0.3, -0.25) is 4.98 Å². The van der Waals surface area contributed by atoms with Gasteiger partial charge >= 0.3 is 6.03 Å². The number of carbonyl (C=O) groups excluding carboxylic acids is 1. The summed E-state index contributed by atoms with van der Waals surface area (Å²) in [7, 11) is 1.71. The van der Waals surface area contributed by atoms with Gasteiger partial charge in [-0.15, -0.1) is 0 Å². The molecule has 2 aromatic rings. The average Bonchev–Trinajstić information content (AvgIpc) is 2.52. The van der Waals surface area contributed by atoms with E-state index in [1.807, 2.05) is 12.1 Å². The van der Waals surface area contributed by atoms with Gasteiger partial charge in [-0.2, -0.15) is 0 Å². The van der Waals surface area contributed by atoms with Crippen LogP contribution in [0.3, 0.4) is 0 Å². The van der Waals surface area contributed by atoms with Crippen LogP contribution in [0.4, 0.5) is 9.18 Å². The molecule has 22 heavy (non-hydrogen) atoms. The van der Waals surface area contributed by atoms with Gasteiger partial charge in [0.25, 0.3) is 0 Å². The van der Waals surface area contributed by atoms with Crippen molar-refractivity contribution >= 4 is 6.03 Å². The number of pyridine rings is 1. The Hall–Kier alpha value is -2.63. The summed E-state index contributed by atoms with van der Waals surface area (Å²) in [6.45, 7) is 1.12. The third-order valence-electron chi connectivity index (χ3n) is 2.96. The van der Waals surface area contributed by atoms with Crippen molar-refractivity contribution in [2.75, 3.05) is 20.2 Å². The minimum Gasteiger partial charge on any atom is -0.492 e. The monoisotopic (exact) mass is 303 g/mol. The number of halogens is 1. The van der Waals surface area contributed by atoms with Crippen molar-refractivity contribution in [3.05, 3.63) is 60.2 Å². The molecule has 5 nitrogen and oxygen atoms in total. The molecule has 2 amide bonds. The summed E-state index contributed by atoms with van der Waals surface area (Å²) in [6.07, 6.45) is 3.38. The van der Waals surface area contributed by atoms with Gasteiger partial charge in [-0.05, 0) is 29.8 Å². The van der Waals surface area contributed by atoms with E-state index in [0.717, 1.165) is 5.56 Å². The van der Waals surface area contributed by atoms with Crippen LogP contribution in [0.2, 0.25) is 0 Å². The zero-order valence-electron chi connectivity index (χ0n) is 12.3. The molecule has 116 valence electrons. The predicted octanol–water partition coefficient (Wildman–Crippen LogP) is 2.44. The molecule has 0 spiro atoms. The Kier molecular flexibility index (Phi) is 5.71. The Bertz CT molecular complexity index is 607. The number of hydrogen-bond acceptors (Lipinski definition) is 3. The molecule has 0 saturated heterocycles. The summed E-state index contributed by atoms with van der Waals surface area (Å²) in [5, 5.41) is 2.74. The van der Waals surface area contributed by atoms with Crippen LogP contribution in [0.5, 0.6) is 5.75 Å². The van der Waals surface area contributed by atoms with Gasteiger partial charge in [-0.25, -0.2) is 9.18 Å². The van der Waals surface area contributed by atoms with Crippen molar-refractivity contribution in [2.45, 2.75) is 6.54 Å². The van der Waals surface area contributed by atoms with Crippen LogP contribution in [0, 0.1) is 5.82 Å². The zero-order valence-corrected chi connectivity index (χ0v) is 12.3. The molecule has 0 saturated carbocycles. The number of carbonyl (C=O) groups is 1. The summed E-state index contributed by atoms with van der Waals surface area (Å²) in [5.74, 6) is 0.0954. The fourth-order valence-corrected chi connectivity index (χ4v) is 1.85. The number of nitrogens with one attached hydrogen (secondary N) is 1. The second kappa shape index (κ2) is 7.97. The largest absolute Gasteiger partial charge is 0.492 e. The molecular weight excluding hydrogens is 285 g/mol. The molecule has 1 heterocycles. The first-order valence-electron chi connectivity index (χ1n) is 6.91. The predicted molar refractivity (Wildman–Crippen MR) is 81.0 cm³/mol. The van der Waals surface area contributed by atoms with E-state index in [9.17, 15) is 9.18 Å². The maximum atomic E-state index is 13.0. The first-order valence-corrected chi connectivity index (χ1v) is 6.91. The van der Waals surface area contributed by atoms with Crippen molar-refractivity contribution in [3.8, 4) is 5.75 Å². The normalized spacial score (nSPS) is 10.1. The lowest BCUT2D eigenvalue weighted by Gasteiger charge is -2.18. The lowest BCUT2D eigenvalue weighted by atomic mass is 10.2. The number of amides is 2. The standard InChI is InChI=1S/C16H18FN3O2/c1-20(12-13-5-7-18-8-6-13)16(21)19-9-10-22-15-4-2-3-14(17)11-15/h2-8,11H,9-10,12H2,1H3,(H,19,21). The third kappa shape index (κ3) is 5.05. The van der Waals surface area contributed by atoms with E-state index in [-0.39, 0.29) is 18.5 Å². The third-order valence-corrected chi connectivity index (χ3v) is 2.96. The molecule has 0 radical (unpaired) electrons. The van der Waals surface area contributed by atoms with Gasteiger partial charge in [0.1, 0.15) is 18.2 Å². The Labute approximate surface area is 128 Å². The molecule has 1 N–H and O–H groups in total. The van der Waals surface area contributed by atoms with Crippen LogP contribution in [-0.2, 0) is 6.54 Å². The van der Waals surface area contributed by atoms with Gasteiger partial charge in [0.05, 0.1) is 6.54 Å². The molecule has 0 bridgehead atoms. The SMILES string of the molecule is CN(Cc1ccncc1)C(=O)NCCOc1cccc(F)c1. The van der Waals surface area contributed by atoms with E-state index in [1.54, 1.807) is 36.5 Å². The molecule has 0 aliphatic heterocycles. The van der Waals surface area contributed by atoms with Gasteiger partial charge in [0, 0.05) is 32.1 Å². The Balaban J connectivity index is 1.69. The lowest BCUT2D eigenvalue weighted by Crippen LogP contribution is -2.38. The second-order valence-corrected chi connectivity index (χ2v) is 4.75. The highest BCUT2D eigenvalue weighted by atomic mass is 19.1. The van der Waals surface area contributed by atoms with Crippen LogP contribution < -0.4 is 10.1 Å². The number of benzene rings is 1. The average molecular weight is 303 g/mol. The summed E-state index contributed by atoms with van der Waals surface area (Å²) < 4.78 is 18.3. The molecule has 2 rings (SSSR count). The molecule has 0 unspecified atom stereocenters. The molecule has 0 aliphatic rings. The Morgan fingerprint density at radius 3 is 2.82 bits per heavy atom. The van der Waals surface area contributed by atoms with Gasteiger partial charge < -0.3 is 15.0 Å². The van der Waals surface area contributed by atoms with Crippen molar-refractivity contribution in [1.29, 1.82) is 0 Å². The summed E-state index contributed by atoms with van der Waals surface area (Å²) in [6, 6.07) is 9.42. The summed E-state index contributed by atoms with van der Waals surface area (Å²) in [5.41, 5.74) is 1.00. The molecule has 0 fully saturated rings. The van der Waals surface area contributed by atoms with E-state index < -0.39 is 0 Å². The van der Waals surface area contributed by atoms with Crippen molar-refractivity contribution in [1.82, 2.24) is 15.2 Å². The number of urea groups is 1. The molecule has 1 aromatic carbocycles. The molecular formula is C16H18FN3O2. The first-order chi connectivity index (χ1) is 10.6.